The van der Waals surface area contributed by atoms with E-state index >= 15 is 0 Å². The van der Waals surface area contributed by atoms with Gasteiger partial charge in [0.25, 0.3) is 0 Å². The Balaban J connectivity index is 2.84. The van der Waals surface area contributed by atoms with Crippen molar-refractivity contribution in [3.63, 3.8) is 0 Å². The number of benzene rings is 1. The number of amides is 1. The van der Waals surface area contributed by atoms with Crippen molar-refractivity contribution in [3.8, 4) is 0 Å². The molecule has 0 spiro atoms. The lowest BCUT2D eigenvalue weighted by Crippen LogP contribution is -2.42. The van der Waals surface area contributed by atoms with Gasteiger partial charge in [0.1, 0.15) is 5.58 Å². The third-order valence-electron chi connectivity index (χ3n) is 2.69. The summed E-state index contributed by atoms with van der Waals surface area (Å²) in [6.45, 7) is 6.59. The van der Waals surface area contributed by atoms with Crippen molar-refractivity contribution in [1.29, 1.82) is 0 Å². The molecule has 2 aromatic rings. The van der Waals surface area contributed by atoms with Gasteiger partial charge in [-0.05, 0) is 17.3 Å². The molecule has 4 heteroatoms. The second-order valence-electron chi connectivity index (χ2n) is 4.93. The maximum absolute atomic E-state index is 11.6. The Bertz CT molecular complexity index is 552. The fourth-order valence-electron chi connectivity index (χ4n) is 1.93. The summed E-state index contributed by atoms with van der Waals surface area (Å²) in [7, 11) is -1.57. The summed E-state index contributed by atoms with van der Waals surface area (Å²) in [5, 5.41) is 1.92. The van der Waals surface area contributed by atoms with Crippen LogP contribution >= 0.6 is 0 Å². The van der Waals surface area contributed by atoms with Gasteiger partial charge in [-0.2, -0.15) is 0 Å². The molecule has 0 unspecified atom stereocenters. The van der Waals surface area contributed by atoms with Crippen molar-refractivity contribution in [2.75, 3.05) is 0 Å². The molecule has 1 heterocycles. The molecule has 0 atom stereocenters. The molecule has 2 N–H and O–H groups in total. The molecule has 0 aliphatic rings. The van der Waals surface area contributed by atoms with E-state index in [9.17, 15) is 4.79 Å². The highest BCUT2D eigenvalue weighted by Gasteiger charge is 2.24. The summed E-state index contributed by atoms with van der Waals surface area (Å²) in [5.41, 5.74) is 6.83. The van der Waals surface area contributed by atoms with Crippen LogP contribution in [0, 0.1) is 0 Å². The molecule has 1 amide bonds. The molecule has 0 aliphatic carbocycles. The third kappa shape index (κ3) is 1.65. The van der Waals surface area contributed by atoms with Crippen LogP contribution in [0.4, 0.5) is 0 Å². The first-order valence-electron chi connectivity index (χ1n) is 5.22. The first-order valence-corrected chi connectivity index (χ1v) is 8.72. The third-order valence-corrected chi connectivity index (χ3v) is 4.72. The van der Waals surface area contributed by atoms with E-state index < -0.39 is 8.07 Å². The van der Waals surface area contributed by atoms with E-state index in [-0.39, 0.29) is 5.91 Å². The van der Waals surface area contributed by atoms with E-state index in [4.69, 9.17) is 10.2 Å². The van der Waals surface area contributed by atoms with E-state index in [1.807, 2.05) is 12.1 Å². The summed E-state index contributed by atoms with van der Waals surface area (Å²) in [4.78, 5) is 11.6. The number of fused-ring (bicyclic) bond motifs is 1. The van der Waals surface area contributed by atoms with E-state index in [0.717, 1.165) is 16.2 Å². The zero-order valence-corrected chi connectivity index (χ0v) is 10.7. The van der Waals surface area contributed by atoms with Crippen molar-refractivity contribution in [2.45, 2.75) is 19.6 Å². The van der Waals surface area contributed by atoms with E-state index in [1.54, 1.807) is 12.3 Å². The molecular weight excluding hydrogens is 218 g/mol. The number of nitrogens with two attached hydrogens (primary N) is 1. The maximum atomic E-state index is 11.6. The van der Waals surface area contributed by atoms with Gasteiger partial charge in [0, 0.05) is 10.9 Å². The van der Waals surface area contributed by atoms with E-state index in [1.165, 1.54) is 0 Å². The molecule has 0 bridgehead atoms. The molecular formula is C12H15NO2Si. The van der Waals surface area contributed by atoms with Crippen molar-refractivity contribution < 1.29 is 9.21 Å². The van der Waals surface area contributed by atoms with Crippen LogP contribution in [0.15, 0.2) is 28.9 Å². The Hall–Kier alpha value is -1.55. The molecule has 0 aliphatic heterocycles. The fourth-order valence-corrected chi connectivity index (χ4v) is 3.53. The average Bonchev–Trinajstić information content (AvgIpc) is 2.61. The quantitative estimate of drug-likeness (QED) is 0.807. The smallest absolute Gasteiger partial charge is 0.249 e. The van der Waals surface area contributed by atoms with Crippen molar-refractivity contribution in [2.24, 2.45) is 5.73 Å². The molecule has 2 rings (SSSR count). The lowest BCUT2D eigenvalue weighted by Gasteiger charge is -2.19. The number of primary amides is 1. The number of hydrogen-bond donors (Lipinski definition) is 1. The number of rotatable bonds is 2. The van der Waals surface area contributed by atoms with E-state index in [2.05, 4.69) is 19.6 Å². The number of furan rings is 1. The summed E-state index contributed by atoms with van der Waals surface area (Å²) in [5.74, 6) is -0.371. The summed E-state index contributed by atoms with van der Waals surface area (Å²) in [6, 6.07) is 5.69. The zero-order chi connectivity index (χ0) is 11.9. The Kier molecular flexibility index (Phi) is 2.39. The van der Waals surface area contributed by atoms with Crippen LogP contribution in [0.1, 0.15) is 10.4 Å². The van der Waals surface area contributed by atoms with Crippen LogP contribution in [0.25, 0.3) is 11.0 Å². The normalized spacial score (nSPS) is 11.9. The highest BCUT2D eigenvalue weighted by molar-refractivity contribution is 6.89. The van der Waals surface area contributed by atoms with Gasteiger partial charge in [0.2, 0.25) is 5.91 Å². The Morgan fingerprint density at radius 2 is 1.94 bits per heavy atom. The van der Waals surface area contributed by atoms with Crippen LogP contribution in [0.2, 0.25) is 19.6 Å². The Morgan fingerprint density at radius 1 is 1.25 bits per heavy atom. The molecule has 0 radical (unpaired) electrons. The summed E-state index contributed by atoms with van der Waals surface area (Å²) < 4.78 is 5.28. The van der Waals surface area contributed by atoms with Crippen molar-refractivity contribution in [1.82, 2.24) is 0 Å². The molecule has 1 aromatic heterocycles. The standard InChI is InChI=1S/C12H15NO2Si/c1-16(2,3)10-5-4-9-8(6-7-15-9)11(10)12(13)14/h4-7H,1-3H3,(H2,13,14). The number of hydrogen-bond acceptors (Lipinski definition) is 2. The topological polar surface area (TPSA) is 56.2 Å². The minimum Gasteiger partial charge on any atom is -0.464 e. The maximum Gasteiger partial charge on any atom is 0.249 e. The van der Waals surface area contributed by atoms with Crippen LogP contribution in [-0.2, 0) is 0 Å². The van der Waals surface area contributed by atoms with Gasteiger partial charge >= 0.3 is 0 Å². The van der Waals surface area contributed by atoms with Gasteiger partial charge in [-0.25, -0.2) is 0 Å². The summed E-state index contributed by atoms with van der Waals surface area (Å²) >= 11 is 0. The lowest BCUT2D eigenvalue weighted by atomic mass is 10.1. The minimum atomic E-state index is -1.57. The first-order chi connectivity index (χ1) is 7.41. The Labute approximate surface area is 95.2 Å². The number of carbonyl (C=O) groups is 1. The Morgan fingerprint density at radius 3 is 2.50 bits per heavy atom. The second-order valence-corrected chi connectivity index (χ2v) is 9.97. The van der Waals surface area contributed by atoms with Gasteiger partial charge in [0.05, 0.1) is 14.3 Å². The molecule has 0 saturated carbocycles. The zero-order valence-electron chi connectivity index (χ0n) is 9.70. The number of carbonyl (C=O) groups excluding carboxylic acids is 1. The van der Waals surface area contributed by atoms with E-state index in [0.29, 0.717) is 5.56 Å². The van der Waals surface area contributed by atoms with Gasteiger partial charge in [-0.3, -0.25) is 4.79 Å². The monoisotopic (exact) mass is 233 g/mol. The minimum absolute atomic E-state index is 0.371. The highest BCUT2D eigenvalue weighted by Crippen LogP contribution is 2.20. The predicted molar refractivity (Wildman–Crippen MR) is 67.7 cm³/mol. The lowest BCUT2D eigenvalue weighted by molar-refractivity contribution is 0.100. The second kappa shape index (κ2) is 3.49. The molecule has 16 heavy (non-hydrogen) atoms. The van der Waals surface area contributed by atoms with Crippen LogP contribution < -0.4 is 10.9 Å². The average molecular weight is 233 g/mol. The van der Waals surface area contributed by atoms with Gasteiger partial charge in [0.15, 0.2) is 0 Å². The van der Waals surface area contributed by atoms with Crippen molar-refractivity contribution in [3.05, 3.63) is 30.0 Å². The SMILES string of the molecule is C[Si](C)(C)c1ccc2occc2c1C(N)=O. The molecule has 84 valence electrons. The molecule has 1 aromatic carbocycles. The van der Waals surface area contributed by atoms with Crippen molar-refractivity contribution >= 4 is 30.1 Å². The largest absolute Gasteiger partial charge is 0.464 e. The molecule has 3 nitrogen and oxygen atoms in total. The highest BCUT2D eigenvalue weighted by atomic mass is 28.3. The van der Waals surface area contributed by atoms with Gasteiger partial charge in [-0.1, -0.05) is 25.7 Å². The van der Waals surface area contributed by atoms with Crippen LogP contribution in [0.3, 0.4) is 0 Å². The van der Waals surface area contributed by atoms with Gasteiger partial charge in [-0.15, -0.1) is 0 Å². The predicted octanol–water partition coefficient (Wildman–Crippen LogP) is 2.08. The van der Waals surface area contributed by atoms with Crippen LogP contribution in [-0.4, -0.2) is 14.0 Å². The molecule has 0 saturated heterocycles. The molecule has 0 fully saturated rings. The first kappa shape index (κ1) is 10.9. The van der Waals surface area contributed by atoms with Gasteiger partial charge < -0.3 is 10.2 Å². The summed E-state index contributed by atoms with van der Waals surface area (Å²) in [6.07, 6.45) is 1.59. The fraction of sp³-hybridized carbons (Fsp3) is 0.250. The van der Waals surface area contributed by atoms with Crippen LogP contribution in [0.5, 0.6) is 0 Å².